The van der Waals surface area contributed by atoms with Gasteiger partial charge in [0.05, 0.1) is 16.6 Å². The smallest absolute Gasteiger partial charge is 0.255 e. The summed E-state index contributed by atoms with van der Waals surface area (Å²) in [5.74, 6) is -0.445. The Morgan fingerprint density at radius 3 is 2.75 bits per heavy atom. The van der Waals surface area contributed by atoms with Gasteiger partial charge in [-0.1, -0.05) is 23.8 Å². The predicted molar refractivity (Wildman–Crippen MR) is 66.6 cm³/mol. The second-order valence-corrected chi connectivity index (χ2v) is 4.09. The van der Waals surface area contributed by atoms with Gasteiger partial charge in [-0.2, -0.15) is 0 Å². The van der Waals surface area contributed by atoms with E-state index < -0.39 is 6.04 Å². The van der Waals surface area contributed by atoms with E-state index in [1.165, 1.54) is 6.07 Å². The lowest BCUT2D eigenvalue weighted by Crippen LogP contribution is -2.41. The number of carbonyl (C=O) groups excluding carboxylic acids is 1. The highest BCUT2D eigenvalue weighted by molar-refractivity contribution is 7.80. The van der Waals surface area contributed by atoms with Crippen LogP contribution in [-0.4, -0.2) is 22.0 Å². The summed E-state index contributed by atoms with van der Waals surface area (Å²) in [6.45, 7) is 3.53. The van der Waals surface area contributed by atoms with E-state index in [2.05, 4.69) is 5.32 Å². The molecular formula is C11H14N2O2S. The monoisotopic (exact) mass is 238 g/mol. The van der Waals surface area contributed by atoms with Crippen LogP contribution in [0.25, 0.3) is 0 Å². The number of amides is 1. The molecule has 0 aliphatic heterocycles. The molecule has 16 heavy (non-hydrogen) atoms. The standard InChI is InChI=1S/C11H14N2O2S/c1-6-3-4-9(14)8(5-6)11(15)13-7(2)10(12)16/h3-5,7,14H,1-2H3,(H2,12,16)(H,13,15). The minimum absolute atomic E-state index is 0.0572. The van der Waals surface area contributed by atoms with Gasteiger partial charge >= 0.3 is 0 Å². The molecule has 1 aromatic carbocycles. The van der Waals surface area contributed by atoms with Crippen molar-refractivity contribution in [2.75, 3.05) is 0 Å². The van der Waals surface area contributed by atoms with E-state index in [0.717, 1.165) is 5.56 Å². The largest absolute Gasteiger partial charge is 0.507 e. The zero-order valence-corrected chi connectivity index (χ0v) is 9.97. The molecule has 0 aliphatic rings. The number of aryl methyl sites for hydroxylation is 1. The van der Waals surface area contributed by atoms with Crippen LogP contribution in [-0.2, 0) is 0 Å². The Kier molecular flexibility index (Phi) is 3.84. The zero-order valence-electron chi connectivity index (χ0n) is 9.15. The number of nitrogens with one attached hydrogen (secondary N) is 1. The van der Waals surface area contributed by atoms with Crippen LogP contribution >= 0.6 is 12.2 Å². The second kappa shape index (κ2) is 4.94. The number of phenolic OH excluding ortho intramolecular Hbond substituents is 1. The first-order valence-corrected chi connectivity index (χ1v) is 5.22. The van der Waals surface area contributed by atoms with Crippen molar-refractivity contribution in [3.8, 4) is 5.75 Å². The highest BCUT2D eigenvalue weighted by Gasteiger charge is 2.14. The molecule has 86 valence electrons. The van der Waals surface area contributed by atoms with Crippen molar-refractivity contribution in [1.29, 1.82) is 0 Å². The van der Waals surface area contributed by atoms with Crippen molar-refractivity contribution < 1.29 is 9.90 Å². The lowest BCUT2D eigenvalue weighted by atomic mass is 10.1. The maximum atomic E-state index is 11.7. The summed E-state index contributed by atoms with van der Waals surface area (Å²) in [5, 5.41) is 12.1. The van der Waals surface area contributed by atoms with Crippen molar-refractivity contribution in [1.82, 2.24) is 5.32 Å². The molecule has 0 radical (unpaired) electrons. The minimum Gasteiger partial charge on any atom is -0.507 e. The average molecular weight is 238 g/mol. The number of phenols is 1. The number of rotatable bonds is 3. The minimum atomic E-state index is -0.401. The molecule has 0 bridgehead atoms. The summed E-state index contributed by atoms with van der Waals surface area (Å²) < 4.78 is 0. The van der Waals surface area contributed by atoms with Gasteiger partial charge < -0.3 is 16.2 Å². The fraction of sp³-hybridized carbons (Fsp3) is 0.273. The summed E-state index contributed by atoms with van der Waals surface area (Å²) >= 11 is 4.75. The first-order valence-electron chi connectivity index (χ1n) is 4.81. The summed E-state index contributed by atoms with van der Waals surface area (Å²) in [5.41, 5.74) is 6.50. The molecule has 0 spiro atoms. The van der Waals surface area contributed by atoms with Crippen LogP contribution in [0.1, 0.15) is 22.8 Å². The van der Waals surface area contributed by atoms with Crippen molar-refractivity contribution in [2.45, 2.75) is 19.9 Å². The SMILES string of the molecule is Cc1ccc(O)c(C(=O)NC(C)C(N)=S)c1. The fourth-order valence-electron chi connectivity index (χ4n) is 1.18. The van der Waals surface area contributed by atoms with E-state index in [-0.39, 0.29) is 22.2 Å². The van der Waals surface area contributed by atoms with E-state index in [1.54, 1.807) is 19.1 Å². The van der Waals surface area contributed by atoms with Gasteiger partial charge in [-0.05, 0) is 26.0 Å². The Morgan fingerprint density at radius 2 is 2.19 bits per heavy atom. The number of nitrogens with two attached hydrogens (primary N) is 1. The third kappa shape index (κ3) is 2.93. The van der Waals surface area contributed by atoms with Crippen LogP contribution in [0, 0.1) is 6.92 Å². The number of benzene rings is 1. The molecule has 1 rings (SSSR count). The first-order chi connectivity index (χ1) is 7.41. The number of thiocarbonyl (C=S) groups is 1. The Bertz CT molecular complexity index is 432. The molecule has 0 saturated heterocycles. The molecule has 1 amide bonds. The number of hydrogen-bond donors (Lipinski definition) is 3. The van der Waals surface area contributed by atoms with Crippen LogP contribution in [0.2, 0.25) is 0 Å². The van der Waals surface area contributed by atoms with E-state index in [9.17, 15) is 9.90 Å². The van der Waals surface area contributed by atoms with Crippen LogP contribution < -0.4 is 11.1 Å². The third-order valence-electron chi connectivity index (χ3n) is 2.17. The lowest BCUT2D eigenvalue weighted by molar-refractivity contribution is 0.0946. The quantitative estimate of drug-likeness (QED) is 0.689. The number of carbonyl (C=O) groups is 1. The Balaban J connectivity index is 2.88. The highest BCUT2D eigenvalue weighted by atomic mass is 32.1. The lowest BCUT2D eigenvalue weighted by Gasteiger charge is -2.13. The Labute approximate surface area is 99.5 Å². The molecule has 1 aromatic rings. The van der Waals surface area contributed by atoms with E-state index in [0.29, 0.717) is 0 Å². The summed E-state index contributed by atoms with van der Waals surface area (Å²) in [4.78, 5) is 12.0. The van der Waals surface area contributed by atoms with Gasteiger partial charge in [0.25, 0.3) is 5.91 Å². The van der Waals surface area contributed by atoms with E-state index in [1.807, 2.05) is 6.92 Å². The fourth-order valence-corrected chi connectivity index (χ4v) is 1.24. The van der Waals surface area contributed by atoms with Gasteiger partial charge in [-0.15, -0.1) is 0 Å². The van der Waals surface area contributed by atoms with Gasteiger partial charge in [-0.25, -0.2) is 0 Å². The molecule has 0 heterocycles. The molecule has 0 aliphatic carbocycles. The molecular weight excluding hydrogens is 224 g/mol. The maximum absolute atomic E-state index is 11.7. The molecule has 0 fully saturated rings. The first kappa shape index (κ1) is 12.4. The second-order valence-electron chi connectivity index (χ2n) is 3.62. The molecule has 4 N–H and O–H groups in total. The van der Waals surface area contributed by atoms with Gasteiger partial charge in [0.15, 0.2) is 0 Å². The number of hydrogen-bond acceptors (Lipinski definition) is 3. The number of aromatic hydroxyl groups is 1. The van der Waals surface area contributed by atoms with E-state index >= 15 is 0 Å². The summed E-state index contributed by atoms with van der Waals surface area (Å²) in [6, 6.07) is 4.41. The van der Waals surface area contributed by atoms with Gasteiger partial charge in [-0.3, -0.25) is 4.79 Å². The highest BCUT2D eigenvalue weighted by Crippen LogP contribution is 2.17. The maximum Gasteiger partial charge on any atom is 0.255 e. The molecule has 0 saturated carbocycles. The van der Waals surface area contributed by atoms with Crippen molar-refractivity contribution in [3.05, 3.63) is 29.3 Å². The predicted octanol–water partition coefficient (Wildman–Crippen LogP) is 1.11. The van der Waals surface area contributed by atoms with Gasteiger partial charge in [0, 0.05) is 0 Å². The topological polar surface area (TPSA) is 75.3 Å². The third-order valence-corrected chi connectivity index (χ3v) is 2.52. The van der Waals surface area contributed by atoms with Crippen LogP contribution in [0.15, 0.2) is 18.2 Å². The van der Waals surface area contributed by atoms with Crippen LogP contribution in [0.4, 0.5) is 0 Å². The van der Waals surface area contributed by atoms with Crippen molar-refractivity contribution in [3.63, 3.8) is 0 Å². The molecule has 4 nitrogen and oxygen atoms in total. The van der Waals surface area contributed by atoms with Gasteiger partial charge in [0.1, 0.15) is 5.75 Å². The normalized spacial score (nSPS) is 11.9. The molecule has 1 atom stereocenters. The van der Waals surface area contributed by atoms with E-state index in [4.69, 9.17) is 18.0 Å². The molecule has 0 aromatic heterocycles. The Morgan fingerprint density at radius 1 is 1.56 bits per heavy atom. The van der Waals surface area contributed by atoms with Crippen molar-refractivity contribution in [2.24, 2.45) is 5.73 Å². The molecule has 1 unspecified atom stereocenters. The average Bonchev–Trinajstić information content (AvgIpc) is 2.21. The van der Waals surface area contributed by atoms with Crippen molar-refractivity contribution >= 4 is 23.1 Å². The van der Waals surface area contributed by atoms with Gasteiger partial charge in [0.2, 0.25) is 0 Å². The summed E-state index contributed by atoms with van der Waals surface area (Å²) in [7, 11) is 0. The zero-order chi connectivity index (χ0) is 12.3. The van der Waals surface area contributed by atoms with Crippen LogP contribution in [0.5, 0.6) is 5.75 Å². The molecule has 5 heteroatoms. The van der Waals surface area contributed by atoms with Crippen LogP contribution in [0.3, 0.4) is 0 Å². The Hall–Kier alpha value is -1.62. The summed E-state index contributed by atoms with van der Waals surface area (Å²) in [6.07, 6.45) is 0.